The molecule has 0 aliphatic carbocycles. The molecule has 0 amide bonds. The van der Waals surface area contributed by atoms with Crippen LogP contribution in [-0.4, -0.2) is 5.11 Å². The number of rotatable bonds is 6. The first-order chi connectivity index (χ1) is 8.11. The zero-order chi connectivity index (χ0) is 12.8. The molecular weight excluding hydrogens is 222 g/mol. The Morgan fingerprint density at radius 1 is 1.18 bits per heavy atom. The number of aliphatic hydroxyl groups excluding tert-OH is 1. The average molecular weight is 242 g/mol. The van der Waals surface area contributed by atoms with Crippen molar-refractivity contribution in [1.29, 1.82) is 0 Å². The van der Waals surface area contributed by atoms with Crippen LogP contribution in [0.2, 0.25) is 0 Å². The van der Waals surface area contributed by atoms with Gasteiger partial charge in [-0.1, -0.05) is 39.2 Å². The Kier molecular flexibility index (Phi) is 5.56. The molecule has 0 aliphatic rings. The van der Waals surface area contributed by atoms with Gasteiger partial charge in [-0.3, -0.25) is 0 Å². The molecule has 0 heterocycles. The highest BCUT2D eigenvalue weighted by molar-refractivity contribution is 5.22. The van der Waals surface area contributed by atoms with Crippen molar-refractivity contribution in [3.8, 4) is 0 Å². The average Bonchev–Trinajstić information content (AvgIpc) is 2.30. The summed E-state index contributed by atoms with van der Waals surface area (Å²) in [6.07, 6.45) is 2.44. The van der Waals surface area contributed by atoms with Crippen molar-refractivity contribution in [2.75, 3.05) is 0 Å². The smallest absolute Gasteiger partial charge is 0.131 e. The number of aliphatic hydroxyl groups is 1. The molecule has 3 heteroatoms. The molecule has 0 saturated heterocycles. The van der Waals surface area contributed by atoms with E-state index in [2.05, 4.69) is 6.92 Å². The van der Waals surface area contributed by atoms with Crippen LogP contribution in [0.5, 0.6) is 0 Å². The van der Waals surface area contributed by atoms with Gasteiger partial charge in [0.2, 0.25) is 0 Å². The van der Waals surface area contributed by atoms with E-state index >= 15 is 0 Å². The molecule has 17 heavy (non-hydrogen) atoms. The number of hydrogen-bond acceptors (Lipinski definition) is 1. The summed E-state index contributed by atoms with van der Waals surface area (Å²) >= 11 is 0. The summed E-state index contributed by atoms with van der Waals surface area (Å²) in [5.74, 6) is -1.40. The molecule has 0 aliphatic heterocycles. The number of benzene rings is 1. The summed E-state index contributed by atoms with van der Waals surface area (Å²) in [4.78, 5) is 0. The van der Waals surface area contributed by atoms with Gasteiger partial charge in [0.1, 0.15) is 11.6 Å². The Labute approximate surface area is 101 Å². The predicted octanol–water partition coefficient (Wildman–Crippen LogP) is 4.21. The molecule has 0 saturated carbocycles. The standard InChI is InChI=1S/C14H20F2O/c1-3-5-7-10(4-2)14(17)13-11(15)8-6-9-12(13)16/h6,8-10,14,17H,3-5,7H2,1-2H3. The second kappa shape index (κ2) is 6.70. The lowest BCUT2D eigenvalue weighted by molar-refractivity contribution is 0.0916. The summed E-state index contributed by atoms with van der Waals surface area (Å²) in [5, 5.41) is 10.1. The molecule has 0 aromatic heterocycles. The molecule has 1 nitrogen and oxygen atoms in total. The first-order valence-corrected chi connectivity index (χ1v) is 6.23. The number of halogens is 2. The van der Waals surface area contributed by atoms with E-state index in [1.165, 1.54) is 18.2 Å². The van der Waals surface area contributed by atoms with E-state index in [9.17, 15) is 13.9 Å². The number of hydrogen-bond donors (Lipinski definition) is 1. The van der Waals surface area contributed by atoms with E-state index in [1.807, 2.05) is 6.92 Å². The molecule has 0 bridgehead atoms. The summed E-state index contributed by atoms with van der Waals surface area (Å²) < 4.78 is 27.0. The number of unbranched alkanes of at least 4 members (excludes halogenated alkanes) is 1. The normalized spacial score (nSPS) is 14.6. The van der Waals surface area contributed by atoms with Crippen LogP contribution < -0.4 is 0 Å². The van der Waals surface area contributed by atoms with Gasteiger partial charge in [-0.15, -0.1) is 0 Å². The van der Waals surface area contributed by atoms with Crippen molar-refractivity contribution >= 4 is 0 Å². The Balaban J connectivity index is 2.89. The Morgan fingerprint density at radius 3 is 2.24 bits per heavy atom. The van der Waals surface area contributed by atoms with Gasteiger partial charge in [-0.2, -0.15) is 0 Å². The third-order valence-corrected chi connectivity index (χ3v) is 3.19. The van der Waals surface area contributed by atoms with Gasteiger partial charge in [0, 0.05) is 0 Å². The Bertz CT molecular complexity index is 332. The summed E-state index contributed by atoms with van der Waals surface area (Å²) in [7, 11) is 0. The maximum absolute atomic E-state index is 13.5. The Morgan fingerprint density at radius 2 is 1.76 bits per heavy atom. The van der Waals surface area contributed by atoms with Crippen LogP contribution in [0.15, 0.2) is 18.2 Å². The van der Waals surface area contributed by atoms with Gasteiger partial charge < -0.3 is 5.11 Å². The minimum Gasteiger partial charge on any atom is -0.388 e. The molecule has 0 radical (unpaired) electrons. The van der Waals surface area contributed by atoms with Crippen LogP contribution in [0.1, 0.15) is 51.2 Å². The molecule has 2 atom stereocenters. The molecule has 1 aromatic rings. The second-order valence-electron chi connectivity index (χ2n) is 4.39. The maximum Gasteiger partial charge on any atom is 0.131 e. The van der Waals surface area contributed by atoms with Crippen molar-refractivity contribution in [1.82, 2.24) is 0 Å². The second-order valence-corrected chi connectivity index (χ2v) is 4.39. The van der Waals surface area contributed by atoms with Gasteiger partial charge in [0.05, 0.1) is 11.7 Å². The highest BCUT2D eigenvalue weighted by atomic mass is 19.1. The van der Waals surface area contributed by atoms with Gasteiger partial charge in [-0.25, -0.2) is 8.78 Å². The van der Waals surface area contributed by atoms with Crippen LogP contribution in [0, 0.1) is 17.6 Å². The summed E-state index contributed by atoms with van der Waals surface area (Å²) in [6.45, 7) is 3.99. The maximum atomic E-state index is 13.5. The molecule has 96 valence electrons. The largest absolute Gasteiger partial charge is 0.388 e. The summed E-state index contributed by atoms with van der Waals surface area (Å²) in [5.41, 5.74) is -0.185. The van der Waals surface area contributed by atoms with Crippen LogP contribution in [0.4, 0.5) is 8.78 Å². The third kappa shape index (κ3) is 3.50. The highest BCUT2D eigenvalue weighted by Crippen LogP contribution is 2.31. The quantitative estimate of drug-likeness (QED) is 0.792. The fourth-order valence-electron chi connectivity index (χ4n) is 2.08. The van der Waals surface area contributed by atoms with Gasteiger partial charge in [0.25, 0.3) is 0 Å². The minimum atomic E-state index is -1.05. The van der Waals surface area contributed by atoms with Crippen LogP contribution in [0.3, 0.4) is 0 Å². The molecule has 1 N–H and O–H groups in total. The van der Waals surface area contributed by atoms with Crippen molar-refractivity contribution < 1.29 is 13.9 Å². The van der Waals surface area contributed by atoms with E-state index in [-0.39, 0.29) is 11.5 Å². The third-order valence-electron chi connectivity index (χ3n) is 3.19. The highest BCUT2D eigenvalue weighted by Gasteiger charge is 2.24. The van der Waals surface area contributed by atoms with Crippen molar-refractivity contribution in [2.45, 2.75) is 45.6 Å². The van der Waals surface area contributed by atoms with Crippen LogP contribution >= 0.6 is 0 Å². The molecule has 0 fully saturated rings. The molecule has 1 aromatic carbocycles. The van der Waals surface area contributed by atoms with E-state index in [1.54, 1.807) is 0 Å². The van der Waals surface area contributed by atoms with E-state index < -0.39 is 17.7 Å². The Hall–Kier alpha value is -0.960. The molecular formula is C14H20F2O. The fourth-order valence-corrected chi connectivity index (χ4v) is 2.08. The minimum absolute atomic E-state index is 0.0821. The topological polar surface area (TPSA) is 20.2 Å². The molecule has 1 rings (SSSR count). The lowest BCUT2D eigenvalue weighted by Crippen LogP contribution is -2.15. The summed E-state index contributed by atoms with van der Waals surface area (Å²) in [6, 6.07) is 3.69. The predicted molar refractivity (Wildman–Crippen MR) is 64.6 cm³/mol. The van der Waals surface area contributed by atoms with Crippen molar-refractivity contribution in [3.63, 3.8) is 0 Å². The van der Waals surface area contributed by atoms with Crippen molar-refractivity contribution in [3.05, 3.63) is 35.4 Å². The van der Waals surface area contributed by atoms with Crippen molar-refractivity contribution in [2.24, 2.45) is 5.92 Å². The monoisotopic (exact) mass is 242 g/mol. The zero-order valence-corrected chi connectivity index (χ0v) is 10.4. The molecule has 2 unspecified atom stereocenters. The van der Waals surface area contributed by atoms with Gasteiger partial charge in [-0.05, 0) is 24.5 Å². The fraction of sp³-hybridized carbons (Fsp3) is 0.571. The van der Waals surface area contributed by atoms with Crippen LogP contribution in [-0.2, 0) is 0 Å². The SMILES string of the molecule is CCCCC(CC)C(O)c1c(F)cccc1F. The first kappa shape index (κ1) is 14.1. The lowest BCUT2D eigenvalue weighted by Gasteiger charge is -2.22. The van der Waals surface area contributed by atoms with E-state index in [4.69, 9.17) is 0 Å². The van der Waals surface area contributed by atoms with E-state index in [0.717, 1.165) is 25.7 Å². The first-order valence-electron chi connectivity index (χ1n) is 6.23. The van der Waals surface area contributed by atoms with Gasteiger partial charge >= 0.3 is 0 Å². The van der Waals surface area contributed by atoms with Gasteiger partial charge in [0.15, 0.2) is 0 Å². The van der Waals surface area contributed by atoms with Crippen LogP contribution in [0.25, 0.3) is 0 Å². The molecule has 0 spiro atoms. The van der Waals surface area contributed by atoms with E-state index in [0.29, 0.717) is 0 Å². The zero-order valence-electron chi connectivity index (χ0n) is 10.4. The lowest BCUT2D eigenvalue weighted by atomic mass is 9.88.